The van der Waals surface area contributed by atoms with Crippen LogP contribution in [0.3, 0.4) is 0 Å². The normalized spacial score (nSPS) is 18.5. The lowest BCUT2D eigenvalue weighted by Crippen LogP contribution is -2.40. The first-order valence-corrected chi connectivity index (χ1v) is 7.05. The van der Waals surface area contributed by atoms with Crippen molar-refractivity contribution in [2.24, 2.45) is 5.41 Å². The summed E-state index contributed by atoms with van der Waals surface area (Å²) in [5, 5.41) is 3.29. The van der Waals surface area contributed by atoms with Gasteiger partial charge >= 0.3 is 0 Å². The van der Waals surface area contributed by atoms with Crippen LogP contribution in [0.5, 0.6) is 0 Å². The molecule has 0 saturated heterocycles. The van der Waals surface area contributed by atoms with E-state index in [9.17, 15) is 4.79 Å². The lowest BCUT2D eigenvalue weighted by atomic mass is 9.83. The maximum absolute atomic E-state index is 12.1. The highest BCUT2D eigenvalue weighted by Crippen LogP contribution is 2.30. The first-order valence-electron chi connectivity index (χ1n) is 7.05. The Labute approximate surface area is 112 Å². The zero-order valence-electron chi connectivity index (χ0n) is 12.5. The predicted octanol–water partition coefficient (Wildman–Crippen LogP) is 2.58. The summed E-state index contributed by atoms with van der Waals surface area (Å²) in [5.41, 5.74) is 1.72. The molecule has 1 unspecified atom stereocenters. The first-order chi connectivity index (χ1) is 8.34. The van der Waals surface area contributed by atoms with Crippen LogP contribution < -0.4 is 5.32 Å². The predicted molar refractivity (Wildman–Crippen MR) is 76.5 cm³/mol. The highest BCUT2D eigenvalue weighted by molar-refractivity contribution is 5.77. The standard InChI is InChI=1S/C15H28N2O/c1-6-16-12(2)11-14(18)17-9-7-13(8-10-17)15(3,4)5/h7,12,16H,6,8-11H2,1-5H3. The van der Waals surface area contributed by atoms with Gasteiger partial charge in [-0.3, -0.25) is 4.79 Å². The Bertz CT molecular complexity index is 315. The van der Waals surface area contributed by atoms with E-state index in [0.29, 0.717) is 6.42 Å². The summed E-state index contributed by atoms with van der Waals surface area (Å²) in [5.74, 6) is 0.271. The second-order valence-electron chi connectivity index (χ2n) is 6.23. The van der Waals surface area contributed by atoms with Gasteiger partial charge in [0.1, 0.15) is 0 Å². The van der Waals surface area contributed by atoms with Gasteiger partial charge in [0.2, 0.25) is 5.91 Å². The van der Waals surface area contributed by atoms with Crippen LogP contribution in [-0.2, 0) is 4.79 Å². The van der Waals surface area contributed by atoms with Crippen LogP contribution in [0.15, 0.2) is 11.6 Å². The van der Waals surface area contributed by atoms with Crippen molar-refractivity contribution >= 4 is 5.91 Å². The molecule has 0 radical (unpaired) electrons. The van der Waals surface area contributed by atoms with Crippen LogP contribution >= 0.6 is 0 Å². The molecule has 104 valence electrons. The zero-order valence-corrected chi connectivity index (χ0v) is 12.5. The van der Waals surface area contributed by atoms with E-state index in [-0.39, 0.29) is 17.4 Å². The van der Waals surface area contributed by atoms with Crippen LogP contribution in [0.25, 0.3) is 0 Å². The van der Waals surface area contributed by atoms with Crippen molar-refractivity contribution in [3.05, 3.63) is 11.6 Å². The van der Waals surface area contributed by atoms with Crippen molar-refractivity contribution in [3.63, 3.8) is 0 Å². The average molecular weight is 252 g/mol. The van der Waals surface area contributed by atoms with E-state index in [0.717, 1.165) is 26.1 Å². The number of hydrogen-bond acceptors (Lipinski definition) is 2. The molecule has 0 bridgehead atoms. The van der Waals surface area contributed by atoms with E-state index in [1.165, 1.54) is 5.57 Å². The summed E-state index contributed by atoms with van der Waals surface area (Å²) >= 11 is 0. The Morgan fingerprint density at radius 3 is 2.61 bits per heavy atom. The van der Waals surface area contributed by atoms with Gasteiger partial charge in [0.15, 0.2) is 0 Å². The quantitative estimate of drug-likeness (QED) is 0.780. The van der Waals surface area contributed by atoms with E-state index in [1.807, 2.05) is 4.90 Å². The van der Waals surface area contributed by atoms with Crippen molar-refractivity contribution < 1.29 is 4.79 Å². The van der Waals surface area contributed by atoms with Gasteiger partial charge in [-0.2, -0.15) is 0 Å². The molecule has 1 amide bonds. The Hall–Kier alpha value is -0.830. The molecule has 1 aliphatic heterocycles. The van der Waals surface area contributed by atoms with Gasteiger partial charge in [-0.05, 0) is 25.3 Å². The molecule has 1 heterocycles. The van der Waals surface area contributed by atoms with Gasteiger partial charge in [0.05, 0.1) is 0 Å². The first kappa shape index (κ1) is 15.2. The molecule has 1 atom stereocenters. The molecule has 0 aromatic rings. The second kappa shape index (κ2) is 6.37. The summed E-state index contributed by atoms with van der Waals surface area (Å²) in [6, 6.07) is 0.274. The molecular formula is C15H28N2O. The van der Waals surface area contributed by atoms with Crippen LogP contribution in [0.1, 0.15) is 47.5 Å². The summed E-state index contributed by atoms with van der Waals surface area (Å²) in [7, 11) is 0. The minimum absolute atomic E-state index is 0.242. The molecular weight excluding hydrogens is 224 g/mol. The minimum Gasteiger partial charge on any atom is -0.339 e. The second-order valence-corrected chi connectivity index (χ2v) is 6.23. The van der Waals surface area contributed by atoms with E-state index in [1.54, 1.807) is 0 Å². The van der Waals surface area contributed by atoms with Crippen LogP contribution in [0.4, 0.5) is 0 Å². The molecule has 0 spiro atoms. The van der Waals surface area contributed by atoms with Gasteiger partial charge < -0.3 is 10.2 Å². The van der Waals surface area contributed by atoms with E-state index in [4.69, 9.17) is 0 Å². The fourth-order valence-electron chi connectivity index (χ4n) is 2.39. The van der Waals surface area contributed by atoms with Gasteiger partial charge in [0, 0.05) is 25.6 Å². The van der Waals surface area contributed by atoms with Crippen LogP contribution in [0.2, 0.25) is 0 Å². The maximum Gasteiger partial charge on any atom is 0.224 e. The Morgan fingerprint density at radius 2 is 2.17 bits per heavy atom. The third kappa shape index (κ3) is 4.45. The smallest absolute Gasteiger partial charge is 0.224 e. The molecule has 0 aromatic carbocycles. The Morgan fingerprint density at radius 1 is 1.50 bits per heavy atom. The van der Waals surface area contributed by atoms with Gasteiger partial charge in [-0.25, -0.2) is 0 Å². The molecule has 0 aromatic heterocycles. The Balaban J connectivity index is 2.47. The third-order valence-electron chi connectivity index (χ3n) is 3.56. The van der Waals surface area contributed by atoms with E-state index >= 15 is 0 Å². The fraction of sp³-hybridized carbons (Fsp3) is 0.800. The zero-order chi connectivity index (χ0) is 13.8. The summed E-state index contributed by atoms with van der Waals surface area (Å²) in [4.78, 5) is 14.1. The van der Waals surface area contributed by atoms with Crippen LogP contribution in [0, 0.1) is 5.41 Å². The highest BCUT2D eigenvalue weighted by atomic mass is 16.2. The average Bonchev–Trinajstić information content (AvgIpc) is 2.28. The molecule has 1 rings (SSSR count). The van der Waals surface area contributed by atoms with E-state index in [2.05, 4.69) is 46.0 Å². The number of nitrogens with zero attached hydrogens (tertiary/aromatic N) is 1. The van der Waals surface area contributed by atoms with Crippen molar-refractivity contribution in [1.82, 2.24) is 10.2 Å². The monoisotopic (exact) mass is 252 g/mol. The summed E-state index contributed by atoms with van der Waals surface area (Å²) in [6.45, 7) is 13.4. The number of hydrogen-bond donors (Lipinski definition) is 1. The number of nitrogens with one attached hydrogen (secondary N) is 1. The molecule has 1 N–H and O–H groups in total. The molecule has 0 fully saturated rings. The lowest BCUT2D eigenvalue weighted by Gasteiger charge is -2.32. The molecule has 3 nitrogen and oxygen atoms in total. The van der Waals surface area contributed by atoms with Crippen molar-refractivity contribution in [3.8, 4) is 0 Å². The number of amides is 1. The fourth-order valence-corrected chi connectivity index (χ4v) is 2.39. The van der Waals surface area contributed by atoms with Crippen molar-refractivity contribution in [2.75, 3.05) is 19.6 Å². The van der Waals surface area contributed by atoms with Crippen molar-refractivity contribution in [2.45, 2.75) is 53.5 Å². The third-order valence-corrected chi connectivity index (χ3v) is 3.56. The number of rotatable bonds is 4. The molecule has 1 aliphatic rings. The summed E-state index contributed by atoms with van der Waals surface area (Å²) < 4.78 is 0. The van der Waals surface area contributed by atoms with Gasteiger partial charge in [-0.15, -0.1) is 0 Å². The molecule has 0 aliphatic carbocycles. The maximum atomic E-state index is 12.1. The topological polar surface area (TPSA) is 32.3 Å². The van der Waals surface area contributed by atoms with Crippen molar-refractivity contribution in [1.29, 1.82) is 0 Å². The largest absolute Gasteiger partial charge is 0.339 e. The molecule has 18 heavy (non-hydrogen) atoms. The van der Waals surface area contributed by atoms with Crippen LogP contribution in [-0.4, -0.2) is 36.5 Å². The number of carbonyl (C=O) groups excluding carboxylic acids is 1. The van der Waals surface area contributed by atoms with E-state index < -0.39 is 0 Å². The Kier molecular flexibility index (Phi) is 5.39. The molecule has 0 saturated carbocycles. The molecule has 3 heteroatoms. The lowest BCUT2D eigenvalue weighted by molar-refractivity contribution is -0.131. The minimum atomic E-state index is 0.242. The number of carbonyl (C=O) groups is 1. The van der Waals surface area contributed by atoms with Gasteiger partial charge in [-0.1, -0.05) is 39.3 Å². The van der Waals surface area contributed by atoms with Gasteiger partial charge in [0.25, 0.3) is 0 Å². The highest BCUT2D eigenvalue weighted by Gasteiger charge is 2.23. The summed E-state index contributed by atoms with van der Waals surface area (Å²) in [6.07, 6.45) is 3.86. The SMILES string of the molecule is CCNC(C)CC(=O)N1CC=C(C(C)(C)C)CC1.